The number of benzene rings is 2. The van der Waals surface area contributed by atoms with Crippen molar-refractivity contribution in [3.63, 3.8) is 0 Å². The summed E-state index contributed by atoms with van der Waals surface area (Å²) in [6.07, 6.45) is 2.27. The molecular weight excluding hydrogens is 314 g/mol. The van der Waals surface area contributed by atoms with Crippen molar-refractivity contribution in [3.8, 4) is 0 Å². The molecule has 25 heavy (non-hydrogen) atoms. The summed E-state index contributed by atoms with van der Waals surface area (Å²) in [6.45, 7) is 0. The van der Waals surface area contributed by atoms with Gasteiger partial charge in [0.2, 0.25) is 0 Å². The number of H-pyrrole nitrogens is 1. The van der Waals surface area contributed by atoms with Crippen LogP contribution in [0, 0.1) is 0 Å². The zero-order valence-electron chi connectivity index (χ0n) is 13.6. The maximum atomic E-state index is 12.8. The van der Waals surface area contributed by atoms with Gasteiger partial charge >= 0.3 is 0 Å². The van der Waals surface area contributed by atoms with E-state index in [2.05, 4.69) is 4.98 Å². The van der Waals surface area contributed by atoms with E-state index in [1.165, 1.54) is 16.2 Å². The number of fused-ring (bicyclic) bond motifs is 4. The molecule has 0 fully saturated rings. The number of anilines is 1. The second-order valence-electron chi connectivity index (χ2n) is 6.81. The number of carbonyl (C=O) groups is 2. The first-order valence-corrected chi connectivity index (χ1v) is 8.49. The minimum Gasteiger partial charge on any atom is -0.399 e. The van der Waals surface area contributed by atoms with E-state index in [4.69, 9.17) is 5.73 Å². The highest BCUT2D eigenvalue weighted by Gasteiger charge is 2.41. The fourth-order valence-corrected chi connectivity index (χ4v) is 4.18. The molecule has 1 aliphatic carbocycles. The topological polar surface area (TPSA) is 79.2 Å². The third-order valence-corrected chi connectivity index (χ3v) is 5.38. The summed E-state index contributed by atoms with van der Waals surface area (Å²) >= 11 is 0. The lowest BCUT2D eigenvalue weighted by atomic mass is 9.90. The van der Waals surface area contributed by atoms with Gasteiger partial charge in [0, 0.05) is 28.3 Å². The van der Waals surface area contributed by atoms with Crippen LogP contribution in [-0.2, 0) is 12.8 Å². The fraction of sp³-hybridized carbons (Fsp3) is 0.200. The van der Waals surface area contributed by atoms with E-state index in [1.54, 1.807) is 24.3 Å². The van der Waals surface area contributed by atoms with Gasteiger partial charge < -0.3 is 10.7 Å². The number of carbonyl (C=O) groups excluding carboxylic acids is 2. The van der Waals surface area contributed by atoms with Crippen molar-refractivity contribution in [1.82, 2.24) is 9.88 Å². The number of imide groups is 1. The van der Waals surface area contributed by atoms with Crippen LogP contribution >= 0.6 is 0 Å². The third kappa shape index (κ3) is 1.95. The van der Waals surface area contributed by atoms with Crippen LogP contribution in [0.2, 0.25) is 0 Å². The number of hydrogen-bond acceptors (Lipinski definition) is 3. The number of nitrogens with two attached hydrogens (primary N) is 1. The van der Waals surface area contributed by atoms with Crippen LogP contribution in [0.3, 0.4) is 0 Å². The Balaban J connectivity index is 1.54. The smallest absolute Gasteiger partial charge is 0.261 e. The van der Waals surface area contributed by atoms with Gasteiger partial charge in [-0.05, 0) is 55.2 Å². The molecule has 3 N–H and O–H groups in total. The Kier molecular flexibility index (Phi) is 2.83. The van der Waals surface area contributed by atoms with Crippen molar-refractivity contribution < 1.29 is 9.59 Å². The Labute approximate surface area is 144 Å². The Hall–Kier alpha value is -3.08. The number of nitrogen functional groups attached to an aromatic ring is 1. The van der Waals surface area contributed by atoms with E-state index >= 15 is 0 Å². The second-order valence-corrected chi connectivity index (χ2v) is 6.81. The van der Waals surface area contributed by atoms with Crippen LogP contribution in [0.25, 0.3) is 10.9 Å². The van der Waals surface area contributed by atoms with Crippen LogP contribution in [0.4, 0.5) is 5.69 Å². The van der Waals surface area contributed by atoms with Crippen LogP contribution in [0.5, 0.6) is 0 Å². The maximum Gasteiger partial charge on any atom is 0.261 e. The molecule has 124 valence electrons. The minimum absolute atomic E-state index is 0.111. The number of nitrogens with zero attached hydrogens (tertiary/aromatic N) is 1. The second kappa shape index (κ2) is 4.96. The van der Waals surface area contributed by atoms with Crippen LogP contribution in [0.15, 0.2) is 42.5 Å². The molecule has 2 amide bonds. The Morgan fingerprint density at radius 3 is 2.48 bits per heavy atom. The molecule has 1 unspecified atom stereocenters. The summed E-state index contributed by atoms with van der Waals surface area (Å²) in [5.41, 5.74) is 11.1. The van der Waals surface area contributed by atoms with Gasteiger partial charge in [0.05, 0.1) is 11.1 Å². The summed E-state index contributed by atoms with van der Waals surface area (Å²) in [4.78, 5) is 30.4. The molecule has 1 aromatic heterocycles. The predicted octanol–water partition coefficient (Wildman–Crippen LogP) is 2.90. The maximum absolute atomic E-state index is 12.8. The summed E-state index contributed by atoms with van der Waals surface area (Å²) < 4.78 is 0. The first kappa shape index (κ1) is 14.3. The molecule has 0 saturated carbocycles. The first-order valence-electron chi connectivity index (χ1n) is 8.49. The number of rotatable bonds is 1. The summed E-state index contributed by atoms with van der Waals surface area (Å²) in [7, 11) is 0. The molecule has 2 aliphatic rings. The normalized spacial score (nSPS) is 19.4. The summed E-state index contributed by atoms with van der Waals surface area (Å²) in [6, 6.07) is 12.8. The van der Waals surface area contributed by atoms with Gasteiger partial charge in [-0.2, -0.15) is 0 Å². The van der Waals surface area contributed by atoms with Crippen molar-refractivity contribution in [3.05, 3.63) is 64.8 Å². The van der Waals surface area contributed by atoms with Crippen LogP contribution < -0.4 is 5.73 Å². The minimum atomic E-state index is -0.173. The molecule has 3 aromatic rings. The predicted molar refractivity (Wildman–Crippen MR) is 95.5 cm³/mol. The molecule has 0 spiro atoms. The molecular formula is C20H17N3O2. The largest absolute Gasteiger partial charge is 0.399 e. The van der Waals surface area contributed by atoms with Crippen molar-refractivity contribution in [2.45, 2.75) is 25.3 Å². The fourth-order valence-electron chi connectivity index (χ4n) is 4.18. The van der Waals surface area contributed by atoms with Crippen molar-refractivity contribution in [2.75, 3.05) is 5.73 Å². The highest BCUT2D eigenvalue weighted by atomic mass is 16.2. The van der Waals surface area contributed by atoms with Gasteiger partial charge in [0.15, 0.2) is 0 Å². The number of amides is 2. The van der Waals surface area contributed by atoms with Gasteiger partial charge in [0.1, 0.15) is 0 Å². The van der Waals surface area contributed by atoms with Crippen LogP contribution in [-0.4, -0.2) is 27.7 Å². The Morgan fingerprint density at radius 2 is 1.76 bits per heavy atom. The lowest BCUT2D eigenvalue weighted by Gasteiger charge is -2.29. The average molecular weight is 331 g/mol. The van der Waals surface area contributed by atoms with Gasteiger partial charge in [-0.15, -0.1) is 0 Å². The number of nitrogens with one attached hydrogen (secondary N) is 1. The summed E-state index contributed by atoms with van der Waals surface area (Å²) in [5, 5.41) is 1.09. The first-order chi connectivity index (χ1) is 12.1. The number of aryl methyl sites for hydroxylation is 1. The third-order valence-electron chi connectivity index (χ3n) is 5.38. The molecule has 2 heterocycles. The zero-order valence-corrected chi connectivity index (χ0v) is 13.6. The molecule has 1 aliphatic heterocycles. The monoisotopic (exact) mass is 331 g/mol. The van der Waals surface area contributed by atoms with E-state index in [1.807, 2.05) is 18.2 Å². The summed E-state index contributed by atoms with van der Waals surface area (Å²) in [5.74, 6) is -0.346. The molecule has 2 aromatic carbocycles. The van der Waals surface area contributed by atoms with E-state index in [9.17, 15) is 9.59 Å². The van der Waals surface area contributed by atoms with E-state index in [0.717, 1.165) is 29.4 Å². The molecule has 1 atom stereocenters. The molecule has 0 saturated heterocycles. The van der Waals surface area contributed by atoms with Crippen molar-refractivity contribution in [1.29, 1.82) is 0 Å². The van der Waals surface area contributed by atoms with Crippen LogP contribution in [0.1, 0.15) is 38.4 Å². The highest BCUT2D eigenvalue weighted by Crippen LogP contribution is 2.35. The Bertz CT molecular complexity index is 1020. The van der Waals surface area contributed by atoms with E-state index in [-0.39, 0.29) is 17.9 Å². The SMILES string of the molecule is Nc1ccc2[nH]c3c(c2c1)CC(N1C(=O)c2ccccc2C1=O)CC3. The zero-order chi connectivity index (χ0) is 17.1. The van der Waals surface area contributed by atoms with Gasteiger partial charge in [-0.1, -0.05) is 12.1 Å². The van der Waals surface area contributed by atoms with E-state index in [0.29, 0.717) is 17.5 Å². The van der Waals surface area contributed by atoms with Gasteiger partial charge in [-0.25, -0.2) is 0 Å². The molecule has 0 radical (unpaired) electrons. The molecule has 5 rings (SSSR count). The molecule has 5 heteroatoms. The van der Waals surface area contributed by atoms with Crippen molar-refractivity contribution in [2.24, 2.45) is 0 Å². The lowest BCUT2D eigenvalue weighted by molar-refractivity contribution is 0.0571. The number of aromatic nitrogens is 1. The average Bonchev–Trinajstić information content (AvgIpc) is 3.10. The Morgan fingerprint density at radius 1 is 1.04 bits per heavy atom. The standard InChI is InChI=1S/C20H17N3O2/c21-11-5-7-17-15(9-11)16-10-12(6-8-18(16)22-17)23-19(24)13-3-1-2-4-14(13)20(23)25/h1-5,7,9,12,22H,6,8,10,21H2. The van der Waals surface area contributed by atoms with Gasteiger partial charge in [-0.3, -0.25) is 14.5 Å². The highest BCUT2D eigenvalue weighted by molar-refractivity contribution is 6.21. The lowest BCUT2D eigenvalue weighted by Crippen LogP contribution is -2.43. The molecule has 5 nitrogen and oxygen atoms in total. The quantitative estimate of drug-likeness (QED) is 0.531. The molecule has 0 bridgehead atoms. The van der Waals surface area contributed by atoms with Gasteiger partial charge in [0.25, 0.3) is 11.8 Å². The van der Waals surface area contributed by atoms with E-state index < -0.39 is 0 Å². The number of aromatic amines is 1. The van der Waals surface area contributed by atoms with Crippen molar-refractivity contribution >= 4 is 28.4 Å². The number of hydrogen-bond donors (Lipinski definition) is 2.